The molecule has 3 rings (SSSR count). The maximum atomic E-state index is 13.9. The minimum Gasteiger partial charge on any atom is -0.350 e. The van der Waals surface area contributed by atoms with Crippen LogP contribution in [0, 0.1) is 11.7 Å². The first-order chi connectivity index (χ1) is 12.0. The standard InChI is InChI=1S/C19H22ClFN2OS/c1-13-6-8-23(9-7-13)17(18-3-2-10-25-18)12-22-19(24)15-11-14(20)4-5-16(15)21/h2-5,10-11,13,17H,6-9,12H2,1H3,(H,22,24)/t17-/m0/s1. The van der Waals surface area contributed by atoms with Gasteiger partial charge < -0.3 is 5.32 Å². The van der Waals surface area contributed by atoms with Crippen molar-refractivity contribution in [1.29, 1.82) is 0 Å². The number of rotatable bonds is 5. The molecule has 2 aromatic rings. The molecule has 0 radical (unpaired) electrons. The molecule has 1 amide bonds. The summed E-state index contributed by atoms with van der Waals surface area (Å²) >= 11 is 7.58. The fourth-order valence-electron chi connectivity index (χ4n) is 3.19. The lowest BCUT2D eigenvalue weighted by Gasteiger charge is -2.36. The topological polar surface area (TPSA) is 32.3 Å². The molecule has 25 heavy (non-hydrogen) atoms. The van der Waals surface area contributed by atoms with Gasteiger partial charge in [0.05, 0.1) is 11.6 Å². The van der Waals surface area contributed by atoms with Gasteiger partial charge in [-0.25, -0.2) is 4.39 Å². The van der Waals surface area contributed by atoms with Crippen molar-refractivity contribution in [3.05, 3.63) is 57.0 Å². The number of hydrogen-bond donors (Lipinski definition) is 1. The summed E-state index contributed by atoms with van der Waals surface area (Å²) in [5.74, 6) is -0.233. The highest BCUT2D eigenvalue weighted by molar-refractivity contribution is 7.10. The quantitative estimate of drug-likeness (QED) is 0.812. The summed E-state index contributed by atoms with van der Waals surface area (Å²) in [7, 11) is 0. The molecule has 1 aliphatic rings. The van der Waals surface area contributed by atoms with E-state index < -0.39 is 11.7 Å². The Morgan fingerprint density at radius 2 is 2.16 bits per heavy atom. The van der Waals surface area contributed by atoms with Crippen LogP contribution in [0.25, 0.3) is 0 Å². The number of hydrogen-bond acceptors (Lipinski definition) is 3. The van der Waals surface area contributed by atoms with Gasteiger partial charge in [-0.15, -0.1) is 11.3 Å². The molecule has 1 aromatic heterocycles. The van der Waals surface area contributed by atoms with Crippen LogP contribution >= 0.6 is 22.9 Å². The van der Waals surface area contributed by atoms with Crippen LogP contribution < -0.4 is 5.32 Å². The summed E-state index contributed by atoms with van der Waals surface area (Å²) in [5.41, 5.74) is -0.00954. The first kappa shape index (κ1) is 18.4. The summed E-state index contributed by atoms with van der Waals surface area (Å²) < 4.78 is 13.9. The van der Waals surface area contributed by atoms with E-state index in [-0.39, 0.29) is 11.6 Å². The van der Waals surface area contributed by atoms with Crippen molar-refractivity contribution in [2.75, 3.05) is 19.6 Å². The average Bonchev–Trinajstić information content (AvgIpc) is 3.13. The molecule has 0 unspecified atom stereocenters. The Balaban J connectivity index is 1.70. The van der Waals surface area contributed by atoms with Gasteiger partial charge in [0.2, 0.25) is 0 Å². The van der Waals surface area contributed by atoms with Crippen LogP contribution in [-0.2, 0) is 0 Å². The highest BCUT2D eigenvalue weighted by Crippen LogP contribution is 2.29. The summed E-state index contributed by atoms with van der Waals surface area (Å²) in [5, 5.41) is 5.29. The van der Waals surface area contributed by atoms with Gasteiger partial charge in [-0.2, -0.15) is 0 Å². The molecule has 1 atom stereocenters. The van der Waals surface area contributed by atoms with E-state index in [1.54, 1.807) is 11.3 Å². The Labute approximate surface area is 156 Å². The van der Waals surface area contributed by atoms with E-state index in [9.17, 15) is 9.18 Å². The summed E-state index contributed by atoms with van der Waals surface area (Å²) in [6.07, 6.45) is 2.33. The van der Waals surface area contributed by atoms with Crippen LogP contribution in [0.2, 0.25) is 5.02 Å². The largest absolute Gasteiger partial charge is 0.350 e. The molecule has 6 heteroatoms. The van der Waals surface area contributed by atoms with Gasteiger partial charge in [0.25, 0.3) is 5.91 Å². The molecule has 134 valence electrons. The number of thiophene rings is 1. The van der Waals surface area contributed by atoms with E-state index in [4.69, 9.17) is 11.6 Å². The van der Waals surface area contributed by atoms with Gasteiger partial charge >= 0.3 is 0 Å². The molecule has 0 bridgehead atoms. The molecular formula is C19H22ClFN2OS. The van der Waals surface area contributed by atoms with Crippen molar-refractivity contribution in [1.82, 2.24) is 10.2 Å². The van der Waals surface area contributed by atoms with Crippen molar-refractivity contribution in [3.8, 4) is 0 Å². The molecule has 2 heterocycles. The Morgan fingerprint density at radius 1 is 1.40 bits per heavy atom. The fraction of sp³-hybridized carbons (Fsp3) is 0.421. The summed E-state index contributed by atoms with van der Waals surface area (Å²) in [6, 6.07) is 8.28. The number of piperidine rings is 1. The van der Waals surface area contributed by atoms with E-state index in [0.717, 1.165) is 19.0 Å². The minimum atomic E-state index is -0.554. The third-order valence-electron chi connectivity index (χ3n) is 4.76. The zero-order chi connectivity index (χ0) is 17.8. The first-order valence-electron chi connectivity index (χ1n) is 8.55. The smallest absolute Gasteiger partial charge is 0.254 e. The number of benzene rings is 1. The van der Waals surface area contributed by atoms with Crippen LogP contribution in [0.3, 0.4) is 0 Å². The van der Waals surface area contributed by atoms with Crippen molar-refractivity contribution in [2.24, 2.45) is 5.92 Å². The number of halogens is 2. The monoisotopic (exact) mass is 380 g/mol. The van der Waals surface area contributed by atoms with Crippen LogP contribution in [-0.4, -0.2) is 30.4 Å². The lowest BCUT2D eigenvalue weighted by Crippen LogP contribution is -2.41. The second kappa shape index (κ2) is 8.30. The molecule has 1 aromatic carbocycles. The Kier molecular flexibility index (Phi) is 6.10. The second-order valence-corrected chi connectivity index (χ2v) is 8.00. The van der Waals surface area contributed by atoms with Crippen LogP contribution in [0.15, 0.2) is 35.7 Å². The van der Waals surface area contributed by atoms with Gasteiger partial charge in [-0.05, 0) is 61.5 Å². The van der Waals surface area contributed by atoms with Crippen LogP contribution in [0.5, 0.6) is 0 Å². The van der Waals surface area contributed by atoms with E-state index in [2.05, 4.69) is 23.2 Å². The summed E-state index contributed by atoms with van der Waals surface area (Å²) in [4.78, 5) is 16.0. The third-order valence-corrected chi connectivity index (χ3v) is 5.97. The Hall–Kier alpha value is -1.43. The molecule has 0 aliphatic carbocycles. The highest BCUT2D eigenvalue weighted by atomic mass is 35.5. The van der Waals surface area contributed by atoms with E-state index >= 15 is 0 Å². The van der Waals surface area contributed by atoms with Gasteiger partial charge in [0.1, 0.15) is 5.82 Å². The second-order valence-electron chi connectivity index (χ2n) is 6.58. The zero-order valence-corrected chi connectivity index (χ0v) is 15.7. The number of amides is 1. The normalized spacial score (nSPS) is 17.4. The molecule has 0 spiro atoms. The van der Waals surface area contributed by atoms with Crippen LogP contribution in [0.4, 0.5) is 4.39 Å². The van der Waals surface area contributed by atoms with Crippen molar-refractivity contribution in [2.45, 2.75) is 25.8 Å². The zero-order valence-electron chi connectivity index (χ0n) is 14.2. The molecule has 1 aliphatic heterocycles. The first-order valence-corrected chi connectivity index (χ1v) is 9.81. The maximum absolute atomic E-state index is 13.9. The van der Waals surface area contributed by atoms with Gasteiger partial charge in [0.15, 0.2) is 0 Å². The van der Waals surface area contributed by atoms with E-state index in [0.29, 0.717) is 11.6 Å². The van der Waals surface area contributed by atoms with Crippen molar-refractivity contribution < 1.29 is 9.18 Å². The van der Waals surface area contributed by atoms with E-state index in [1.165, 1.54) is 35.9 Å². The minimum absolute atomic E-state index is 0.00954. The Morgan fingerprint density at radius 3 is 2.84 bits per heavy atom. The van der Waals surface area contributed by atoms with Gasteiger partial charge in [0, 0.05) is 16.4 Å². The number of carbonyl (C=O) groups is 1. The number of carbonyl (C=O) groups excluding carboxylic acids is 1. The molecular weight excluding hydrogens is 359 g/mol. The molecule has 1 saturated heterocycles. The van der Waals surface area contributed by atoms with Gasteiger partial charge in [-0.3, -0.25) is 9.69 Å². The number of likely N-dealkylation sites (tertiary alicyclic amines) is 1. The lowest BCUT2D eigenvalue weighted by molar-refractivity contribution is 0.0911. The van der Waals surface area contributed by atoms with E-state index in [1.807, 2.05) is 11.4 Å². The maximum Gasteiger partial charge on any atom is 0.254 e. The predicted octanol–water partition coefficient (Wildman–Crippen LogP) is 4.74. The highest BCUT2D eigenvalue weighted by Gasteiger charge is 2.26. The fourth-order valence-corrected chi connectivity index (χ4v) is 4.22. The lowest BCUT2D eigenvalue weighted by atomic mass is 9.97. The number of nitrogens with zero attached hydrogens (tertiary/aromatic N) is 1. The Bertz CT molecular complexity index is 714. The predicted molar refractivity (Wildman–Crippen MR) is 101 cm³/mol. The molecule has 1 N–H and O–H groups in total. The molecule has 1 fully saturated rings. The molecule has 3 nitrogen and oxygen atoms in total. The van der Waals surface area contributed by atoms with Crippen molar-refractivity contribution in [3.63, 3.8) is 0 Å². The SMILES string of the molecule is CC1CCN([C@@H](CNC(=O)c2cc(Cl)ccc2F)c2cccs2)CC1. The average molecular weight is 381 g/mol. The third kappa shape index (κ3) is 4.60. The summed E-state index contributed by atoms with van der Waals surface area (Å²) in [6.45, 7) is 4.77. The van der Waals surface area contributed by atoms with Crippen molar-refractivity contribution >= 4 is 28.8 Å². The van der Waals surface area contributed by atoms with Crippen LogP contribution in [0.1, 0.15) is 41.0 Å². The molecule has 0 saturated carbocycles. The number of nitrogens with one attached hydrogen (secondary N) is 1. The van der Waals surface area contributed by atoms with Gasteiger partial charge in [-0.1, -0.05) is 24.6 Å².